The molecule has 1 heteroatoms. The van der Waals surface area contributed by atoms with Crippen molar-refractivity contribution in [3.63, 3.8) is 0 Å². The predicted molar refractivity (Wildman–Crippen MR) is 62.1 cm³/mol. The largest absolute Gasteiger partial charge is 0.317 e. The van der Waals surface area contributed by atoms with E-state index in [2.05, 4.69) is 24.2 Å². The summed E-state index contributed by atoms with van der Waals surface area (Å²) in [5.74, 6) is 7.10. The molecule has 0 bridgehead atoms. The molecule has 0 amide bonds. The molecule has 0 aromatic carbocycles. The summed E-state index contributed by atoms with van der Waals surface area (Å²) in [6.45, 7) is 1.92. The van der Waals surface area contributed by atoms with Crippen LogP contribution in [0.5, 0.6) is 0 Å². The van der Waals surface area contributed by atoms with Gasteiger partial charge in [0, 0.05) is 12.5 Å². The lowest BCUT2D eigenvalue weighted by atomic mass is 9.96. The van der Waals surface area contributed by atoms with Gasteiger partial charge in [0.05, 0.1) is 0 Å². The summed E-state index contributed by atoms with van der Waals surface area (Å²) in [5.41, 5.74) is 0. The van der Waals surface area contributed by atoms with Gasteiger partial charge in [-0.05, 0) is 32.7 Å². The third-order valence-corrected chi connectivity index (χ3v) is 3.30. The van der Waals surface area contributed by atoms with Crippen LogP contribution < -0.4 is 5.32 Å². The third kappa shape index (κ3) is 4.15. The minimum Gasteiger partial charge on any atom is -0.317 e. The van der Waals surface area contributed by atoms with Crippen LogP contribution in [0.3, 0.4) is 0 Å². The Morgan fingerprint density at radius 1 is 1.36 bits per heavy atom. The smallest absolute Gasteiger partial charge is 0.0103 e. The number of hydrogen-bond donors (Lipinski definition) is 1. The van der Waals surface area contributed by atoms with E-state index in [9.17, 15) is 0 Å². The molecule has 0 radical (unpaired) electrons. The summed E-state index contributed by atoms with van der Waals surface area (Å²) < 4.78 is 0. The highest BCUT2D eigenvalue weighted by Gasteiger charge is 2.18. The first-order chi connectivity index (χ1) is 6.86. The van der Waals surface area contributed by atoms with Crippen LogP contribution in [0.4, 0.5) is 0 Å². The molecule has 0 aliphatic heterocycles. The minimum absolute atomic E-state index is 0.693. The van der Waals surface area contributed by atoms with E-state index in [0.29, 0.717) is 6.04 Å². The Labute approximate surface area is 88.7 Å². The van der Waals surface area contributed by atoms with E-state index in [1.165, 1.54) is 38.5 Å². The van der Waals surface area contributed by atoms with Crippen LogP contribution in [-0.4, -0.2) is 13.1 Å². The average molecular weight is 193 g/mol. The molecular formula is C13H23N. The SMILES string of the molecule is CC#CCCC(CC1CCCC1)NC. The van der Waals surface area contributed by atoms with Crippen molar-refractivity contribution in [1.82, 2.24) is 5.32 Å². The van der Waals surface area contributed by atoms with Crippen molar-refractivity contribution in [2.45, 2.75) is 57.9 Å². The Morgan fingerprint density at radius 3 is 2.64 bits per heavy atom. The van der Waals surface area contributed by atoms with Crippen molar-refractivity contribution in [1.29, 1.82) is 0 Å². The van der Waals surface area contributed by atoms with Gasteiger partial charge in [0.15, 0.2) is 0 Å². The molecule has 0 aromatic heterocycles. The number of hydrogen-bond acceptors (Lipinski definition) is 1. The molecule has 0 aromatic rings. The zero-order valence-electron chi connectivity index (χ0n) is 9.60. The zero-order valence-corrected chi connectivity index (χ0v) is 9.60. The molecule has 1 saturated carbocycles. The molecule has 0 heterocycles. The van der Waals surface area contributed by atoms with E-state index >= 15 is 0 Å². The summed E-state index contributed by atoms with van der Waals surface area (Å²) in [6.07, 6.45) is 9.45. The van der Waals surface area contributed by atoms with Crippen LogP contribution >= 0.6 is 0 Å². The van der Waals surface area contributed by atoms with Crippen LogP contribution in [-0.2, 0) is 0 Å². The van der Waals surface area contributed by atoms with E-state index < -0.39 is 0 Å². The van der Waals surface area contributed by atoms with Gasteiger partial charge >= 0.3 is 0 Å². The maximum absolute atomic E-state index is 3.42. The second-order valence-electron chi connectivity index (χ2n) is 4.34. The van der Waals surface area contributed by atoms with Gasteiger partial charge in [-0.1, -0.05) is 25.7 Å². The maximum atomic E-state index is 3.42. The number of nitrogens with one attached hydrogen (secondary N) is 1. The summed E-state index contributed by atoms with van der Waals surface area (Å²) in [7, 11) is 2.08. The van der Waals surface area contributed by atoms with Crippen LogP contribution in [0.1, 0.15) is 51.9 Å². The minimum atomic E-state index is 0.693. The Balaban J connectivity index is 2.18. The lowest BCUT2D eigenvalue weighted by Gasteiger charge is -2.18. The molecule has 0 saturated heterocycles. The predicted octanol–water partition coefficient (Wildman–Crippen LogP) is 2.96. The second-order valence-corrected chi connectivity index (χ2v) is 4.34. The van der Waals surface area contributed by atoms with Crippen LogP contribution in [0.2, 0.25) is 0 Å². The highest BCUT2D eigenvalue weighted by atomic mass is 14.9. The molecule has 1 aliphatic rings. The van der Waals surface area contributed by atoms with Crippen molar-refractivity contribution in [2.24, 2.45) is 5.92 Å². The Hall–Kier alpha value is -0.480. The Morgan fingerprint density at radius 2 is 2.07 bits per heavy atom. The van der Waals surface area contributed by atoms with Gasteiger partial charge in [-0.2, -0.15) is 0 Å². The zero-order chi connectivity index (χ0) is 10.2. The van der Waals surface area contributed by atoms with Crippen molar-refractivity contribution < 1.29 is 0 Å². The highest BCUT2D eigenvalue weighted by Crippen LogP contribution is 2.29. The molecule has 1 atom stereocenters. The van der Waals surface area contributed by atoms with Gasteiger partial charge in [0.1, 0.15) is 0 Å². The lowest BCUT2D eigenvalue weighted by molar-refractivity contribution is 0.391. The fraction of sp³-hybridized carbons (Fsp3) is 0.846. The van der Waals surface area contributed by atoms with E-state index in [1.807, 2.05) is 6.92 Å². The first-order valence-corrected chi connectivity index (χ1v) is 5.93. The molecule has 1 fully saturated rings. The van der Waals surface area contributed by atoms with E-state index in [0.717, 1.165) is 12.3 Å². The molecule has 1 aliphatic carbocycles. The van der Waals surface area contributed by atoms with Crippen molar-refractivity contribution in [3.05, 3.63) is 0 Å². The van der Waals surface area contributed by atoms with Crippen LogP contribution in [0, 0.1) is 17.8 Å². The highest BCUT2D eigenvalue weighted by molar-refractivity contribution is 4.95. The van der Waals surface area contributed by atoms with Crippen molar-refractivity contribution in [3.8, 4) is 11.8 Å². The molecule has 14 heavy (non-hydrogen) atoms. The second kappa shape index (κ2) is 6.90. The number of rotatable bonds is 5. The first-order valence-electron chi connectivity index (χ1n) is 5.93. The molecule has 1 N–H and O–H groups in total. The van der Waals surface area contributed by atoms with Crippen molar-refractivity contribution >= 4 is 0 Å². The molecule has 1 unspecified atom stereocenters. The van der Waals surface area contributed by atoms with Gasteiger partial charge in [-0.3, -0.25) is 0 Å². The summed E-state index contributed by atoms with van der Waals surface area (Å²) in [4.78, 5) is 0. The molecule has 80 valence electrons. The van der Waals surface area contributed by atoms with Crippen LogP contribution in [0.25, 0.3) is 0 Å². The summed E-state index contributed by atoms with van der Waals surface area (Å²) in [5, 5.41) is 3.42. The lowest BCUT2D eigenvalue weighted by Crippen LogP contribution is -2.27. The van der Waals surface area contributed by atoms with E-state index in [1.54, 1.807) is 0 Å². The Kier molecular flexibility index (Phi) is 5.71. The van der Waals surface area contributed by atoms with Crippen LogP contribution in [0.15, 0.2) is 0 Å². The first kappa shape index (κ1) is 11.6. The van der Waals surface area contributed by atoms with Gasteiger partial charge in [-0.25, -0.2) is 0 Å². The van der Waals surface area contributed by atoms with E-state index in [4.69, 9.17) is 0 Å². The van der Waals surface area contributed by atoms with E-state index in [-0.39, 0.29) is 0 Å². The quantitative estimate of drug-likeness (QED) is 0.662. The monoisotopic (exact) mass is 193 g/mol. The normalized spacial score (nSPS) is 19.0. The topological polar surface area (TPSA) is 12.0 Å². The van der Waals surface area contributed by atoms with Gasteiger partial charge in [0.25, 0.3) is 0 Å². The van der Waals surface area contributed by atoms with Gasteiger partial charge in [0.2, 0.25) is 0 Å². The fourth-order valence-electron chi connectivity index (χ4n) is 2.40. The van der Waals surface area contributed by atoms with Gasteiger partial charge < -0.3 is 5.32 Å². The summed E-state index contributed by atoms with van der Waals surface area (Å²) in [6, 6.07) is 0.693. The summed E-state index contributed by atoms with van der Waals surface area (Å²) >= 11 is 0. The standard InChI is InChI=1S/C13H23N/c1-3-4-5-10-13(14-2)11-12-8-6-7-9-12/h12-14H,5-11H2,1-2H3. The fourth-order valence-corrected chi connectivity index (χ4v) is 2.40. The maximum Gasteiger partial charge on any atom is 0.0103 e. The Bertz CT molecular complexity index is 193. The molecule has 1 nitrogen and oxygen atoms in total. The molecule has 1 rings (SSSR count). The van der Waals surface area contributed by atoms with Gasteiger partial charge in [-0.15, -0.1) is 11.8 Å². The average Bonchev–Trinajstić information content (AvgIpc) is 2.69. The molecular weight excluding hydrogens is 170 g/mol. The van der Waals surface area contributed by atoms with Crippen molar-refractivity contribution in [2.75, 3.05) is 7.05 Å². The molecule has 0 spiro atoms. The third-order valence-electron chi connectivity index (χ3n) is 3.30.